The van der Waals surface area contributed by atoms with Crippen LogP contribution in [-0.4, -0.2) is 31.3 Å². The molecular formula is C9H10Cl3NOS. The molecule has 6 heteroatoms. The van der Waals surface area contributed by atoms with Crippen LogP contribution in [0.1, 0.15) is 16.1 Å². The van der Waals surface area contributed by atoms with E-state index >= 15 is 0 Å². The Morgan fingerprint density at radius 3 is 2.27 bits per heavy atom. The highest BCUT2D eigenvalue weighted by Crippen LogP contribution is 2.40. The molecule has 0 aliphatic heterocycles. The first kappa shape index (κ1) is 13.3. The quantitative estimate of drug-likeness (QED) is 0.784. The first-order valence-electron chi connectivity index (χ1n) is 4.24. The lowest BCUT2D eigenvalue weighted by atomic mass is 10.2. The number of Topliss-reactive ketones (excluding diaryl/α,β-unsaturated/α-hetero) is 1. The molecule has 0 unspecified atom stereocenters. The van der Waals surface area contributed by atoms with Crippen molar-refractivity contribution in [3.05, 3.63) is 19.3 Å². The summed E-state index contributed by atoms with van der Waals surface area (Å²) in [5, 5.41) is 0.548. The molecule has 0 saturated heterocycles. The number of halogens is 3. The van der Waals surface area contributed by atoms with E-state index in [0.29, 0.717) is 22.2 Å². The number of thiophene rings is 1. The van der Waals surface area contributed by atoms with Crippen molar-refractivity contribution in [2.24, 2.45) is 0 Å². The summed E-state index contributed by atoms with van der Waals surface area (Å²) in [4.78, 5) is 14.1. The summed E-state index contributed by atoms with van der Waals surface area (Å²) in [7, 11) is 3.81. The van der Waals surface area contributed by atoms with Crippen LogP contribution in [0.2, 0.25) is 14.4 Å². The normalized spacial score (nSPS) is 11.1. The van der Waals surface area contributed by atoms with E-state index in [4.69, 9.17) is 34.8 Å². The van der Waals surface area contributed by atoms with Gasteiger partial charge in [0.1, 0.15) is 4.34 Å². The Morgan fingerprint density at radius 2 is 1.87 bits per heavy atom. The van der Waals surface area contributed by atoms with Crippen LogP contribution < -0.4 is 0 Å². The van der Waals surface area contributed by atoms with Crippen LogP contribution in [0.25, 0.3) is 0 Å². The Balaban J connectivity index is 2.78. The summed E-state index contributed by atoms with van der Waals surface area (Å²) in [6.45, 7) is 0.683. The fourth-order valence-corrected chi connectivity index (χ4v) is 2.77. The Bertz CT molecular complexity index is 376. The standard InChI is InChI=1S/C9H10Cl3NOS/c1-13(2)4-3-5(14)8-6(10)7(11)9(12)15-8/h3-4H2,1-2H3. The molecule has 84 valence electrons. The molecule has 1 heterocycles. The molecule has 0 fully saturated rings. The number of ketones is 1. The summed E-state index contributed by atoms with van der Waals surface area (Å²) < 4.78 is 0.370. The Morgan fingerprint density at radius 1 is 1.27 bits per heavy atom. The molecule has 1 rings (SSSR count). The predicted molar refractivity (Wildman–Crippen MR) is 66.9 cm³/mol. The van der Waals surface area contributed by atoms with Crippen molar-refractivity contribution in [1.29, 1.82) is 0 Å². The molecule has 0 amide bonds. The van der Waals surface area contributed by atoms with Gasteiger partial charge in [-0.25, -0.2) is 0 Å². The van der Waals surface area contributed by atoms with Crippen molar-refractivity contribution in [2.45, 2.75) is 6.42 Å². The van der Waals surface area contributed by atoms with E-state index < -0.39 is 0 Å². The van der Waals surface area contributed by atoms with Gasteiger partial charge in [-0.1, -0.05) is 34.8 Å². The Kier molecular flexibility index (Phi) is 4.87. The van der Waals surface area contributed by atoms with Gasteiger partial charge in [0.05, 0.1) is 14.9 Å². The summed E-state index contributed by atoms with van der Waals surface area (Å²) in [5.41, 5.74) is 0. The van der Waals surface area contributed by atoms with Crippen LogP contribution in [0.3, 0.4) is 0 Å². The number of hydrogen-bond acceptors (Lipinski definition) is 3. The predicted octanol–water partition coefficient (Wildman–Crippen LogP) is 3.84. The average molecular weight is 287 g/mol. The second-order valence-electron chi connectivity index (χ2n) is 3.31. The third-order valence-corrected chi connectivity index (χ3v) is 4.41. The first-order chi connectivity index (χ1) is 6.93. The van der Waals surface area contributed by atoms with Gasteiger partial charge in [0.2, 0.25) is 0 Å². The SMILES string of the molecule is CN(C)CCC(=O)c1sc(Cl)c(Cl)c1Cl. The number of hydrogen-bond donors (Lipinski definition) is 0. The van der Waals surface area contributed by atoms with E-state index in [0.717, 1.165) is 11.3 Å². The van der Waals surface area contributed by atoms with Crippen LogP contribution in [0.15, 0.2) is 0 Å². The minimum atomic E-state index is -0.0208. The van der Waals surface area contributed by atoms with E-state index in [1.54, 1.807) is 0 Å². The molecule has 0 saturated carbocycles. The fraction of sp³-hybridized carbons (Fsp3) is 0.444. The van der Waals surface area contributed by atoms with Crippen LogP contribution >= 0.6 is 46.1 Å². The molecule has 0 aliphatic rings. The van der Waals surface area contributed by atoms with E-state index in [-0.39, 0.29) is 15.8 Å². The Hall–Kier alpha value is 0.200. The van der Waals surface area contributed by atoms with Gasteiger partial charge in [0.15, 0.2) is 5.78 Å². The van der Waals surface area contributed by atoms with E-state index in [1.165, 1.54) is 0 Å². The largest absolute Gasteiger partial charge is 0.309 e. The van der Waals surface area contributed by atoms with Gasteiger partial charge in [0, 0.05) is 13.0 Å². The minimum absolute atomic E-state index is 0.0208. The summed E-state index contributed by atoms with van der Waals surface area (Å²) in [6, 6.07) is 0. The van der Waals surface area contributed by atoms with Gasteiger partial charge in [-0.05, 0) is 14.1 Å². The third-order valence-electron chi connectivity index (χ3n) is 1.80. The van der Waals surface area contributed by atoms with E-state index in [1.807, 2.05) is 19.0 Å². The number of rotatable bonds is 4. The number of carbonyl (C=O) groups excluding carboxylic acids is 1. The van der Waals surface area contributed by atoms with Crippen molar-refractivity contribution in [1.82, 2.24) is 4.90 Å². The maximum absolute atomic E-state index is 11.7. The smallest absolute Gasteiger partial charge is 0.175 e. The van der Waals surface area contributed by atoms with Crippen LogP contribution in [-0.2, 0) is 0 Å². The lowest BCUT2D eigenvalue weighted by Crippen LogP contribution is -2.16. The second-order valence-corrected chi connectivity index (χ2v) is 5.69. The molecule has 1 aromatic heterocycles. The second kappa shape index (κ2) is 5.51. The summed E-state index contributed by atoms with van der Waals surface area (Å²) in [6.07, 6.45) is 0.417. The van der Waals surface area contributed by atoms with Crippen molar-refractivity contribution in [3.63, 3.8) is 0 Å². The molecule has 0 N–H and O–H groups in total. The lowest BCUT2D eigenvalue weighted by molar-refractivity contribution is 0.0976. The van der Waals surface area contributed by atoms with Crippen molar-refractivity contribution < 1.29 is 4.79 Å². The van der Waals surface area contributed by atoms with E-state index in [2.05, 4.69) is 0 Å². The molecule has 0 aromatic carbocycles. The fourth-order valence-electron chi connectivity index (χ4n) is 0.983. The highest BCUT2D eigenvalue weighted by molar-refractivity contribution is 7.19. The highest BCUT2D eigenvalue weighted by Gasteiger charge is 2.19. The van der Waals surface area contributed by atoms with Crippen molar-refractivity contribution >= 4 is 51.9 Å². The van der Waals surface area contributed by atoms with Gasteiger partial charge in [-0.3, -0.25) is 4.79 Å². The third kappa shape index (κ3) is 3.33. The monoisotopic (exact) mass is 285 g/mol. The summed E-state index contributed by atoms with van der Waals surface area (Å²) >= 11 is 18.6. The maximum Gasteiger partial charge on any atom is 0.175 e. The van der Waals surface area contributed by atoms with Gasteiger partial charge in [-0.15, -0.1) is 11.3 Å². The van der Waals surface area contributed by atoms with Gasteiger partial charge < -0.3 is 4.90 Å². The first-order valence-corrected chi connectivity index (χ1v) is 6.19. The molecular weight excluding hydrogens is 277 g/mol. The van der Waals surface area contributed by atoms with E-state index in [9.17, 15) is 4.79 Å². The summed E-state index contributed by atoms with van der Waals surface area (Å²) in [5.74, 6) is -0.0208. The number of carbonyl (C=O) groups is 1. The van der Waals surface area contributed by atoms with Crippen LogP contribution in [0, 0.1) is 0 Å². The van der Waals surface area contributed by atoms with Gasteiger partial charge in [-0.2, -0.15) is 0 Å². The zero-order chi connectivity index (χ0) is 11.6. The molecule has 0 radical (unpaired) electrons. The molecule has 2 nitrogen and oxygen atoms in total. The van der Waals surface area contributed by atoms with Crippen LogP contribution in [0.5, 0.6) is 0 Å². The minimum Gasteiger partial charge on any atom is -0.309 e. The Labute approximate surface area is 108 Å². The average Bonchev–Trinajstić information content (AvgIpc) is 2.42. The molecule has 15 heavy (non-hydrogen) atoms. The van der Waals surface area contributed by atoms with Gasteiger partial charge >= 0.3 is 0 Å². The topological polar surface area (TPSA) is 20.3 Å². The zero-order valence-electron chi connectivity index (χ0n) is 8.31. The van der Waals surface area contributed by atoms with Crippen molar-refractivity contribution in [2.75, 3.05) is 20.6 Å². The van der Waals surface area contributed by atoms with Gasteiger partial charge in [0.25, 0.3) is 0 Å². The molecule has 1 aromatic rings. The molecule has 0 aliphatic carbocycles. The zero-order valence-corrected chi connectivity index (χ0v) is 11.4. The molecule has 0 bridgehead atoms. The van der Waals surface area contributed by atoms with Crippen molar-refractivity contribution in [3.8, 4) is 0 Å². The van der Waals surface area contributed by atoms with Crippen LogP contribution in [0.4, 0.5) is 0 Å². The molecule has 0 atom stereocenters. The molecule has 0 spiro atoms. The number of nitrogens with zero attached hydrogens (tertiary/aromatic N) is 1. The maximum atomic E-state index is 11.7. The highest BCUT2D eigenvalue weighted by atomic mass is 35.5. The lowest BCUT2D eigenvalue weighted by Gasteiger charge is -2.07.